The van der Waals surface area contributed by atoms with Crippen LogP contribution in [0, 0.1) is 0 Å². The van der Waals surface area contributed by atoms with E-state index in [9.17, 15) is 19.5 Å². The molecular formula is C22H18O7. The van der Waals surface area contributed by atoms with Gasteiger partial charge in [0.05, 0.1) is 19.1 Å². The number of fused-ring (bicyclic) bond motifs is 2. The Labute approximate surface area is 166 Å². The highest BCUT2D eigenvalue weighted by Crippen LogP contribution is 2.41. The number of hydrogen-bond acceptors (Lipinski definition) is 7. The average Bonchev–Trinajstić information content (AvgIpc) is 2.76. The number of esters is 1. The Morgan fingerprint density at radius 1 is 1.03 bits per heavy atom. The van der Waals surface area contributed by atoms with Crippen LogP contribution in [0.4, 0.5) is 0 Å². The van der Waals surface area contributed by atoms with Gasteiger partial charge in [-0.3, -0.25) is 14.4 Å². The van der Waals surface area contributed by atoms with Crippen LogP contribution < -0.4 is 9.47 Å². The molecule has 0 saturated carbocycles. The topological polar surface area (TPSA) is 99.1 Å². The lowest BCUT2D eigenvalue weighted by Crippen LogP contribution is -2.28. The van der Waals surface area contributed by atoms with E-state index in [1.165, 1.54) is 13.2 Å². The highest BCUT2D eigenvalue weighted by atomic mass is 16.6. The number of hydrogen-bond donors (Lipinski definition) is 1. The number of aliphatic hydroxyl groups excluding tert-OH is 1. The molecule has 0 amide bonds. The van der Waals surface area contributed by atoms with Crippen LogP contribution in [0.1, 0.15) is 33.8 Å². The lowest BCUT2D eigenvalue weighted by Gasteiger charge is -2.26. The van der Waals surface area contributed by atoms with E-state index in [1.54, 1.807) is 36.4 Å². The molecule has 1 unspecified atom stereocenters. The van der Waals surface area contributed by atoms with Gasteiger partial charge in [-0.25, -0.2) is 0 Å². The second kappa shape index (κ2) is 7.43. The van der Waals surface area contributed by atoms with Gasteiger partial charge in [0.1, 0.15) is 19.0 Å². The maximum Gasteiger partial charge on any atom is 0.306 e. The minimum atomic E-state index is -0.886. The summed E-state index contributed by atoms with van der Waals surface area (Å²) in [6, 6.07) is 11.3. The van der Waals surface area contributed by atoms with Crippen molar-refractivity contribution < 1.29 is 33.7 Å². The predicted molar refractivity (Wildman–Crippen MR) is 102 cm³/mol. The van der Waals surface area contributed by atoms with Gasteiger partial charge in [0.15, 0.2) is 11.5 Å². The number of carbonyl (C=O) groups excluding carboxylic acids is 3. The smallest absolute Gasteiger partial charge is 0.306 e. The number of rotatable bonds is 4. The molecule has 0 radical (unpaired) electrons. The maximum absolute atomic E-state index is 12.9. The van der Waals surface area contributed by atoms with Gasteiger partial charge < -0.3 is 19.3 Å². The predicted octanol–water partition coefficient (Wildman–Crippen LogP) is 2.84. The van der Waals surface area contributed by atoms with Crippen LogP contribution in [0.5, 0.6) is 11.5 Å². The van der Waals surface area contributed by atoms with Crippen molar-refractivity contribution in [2.75, 3.05) is 20.3 Å². The Morgan fingerprint density at radius 3 is 2.45 bits per heavy atom. The molecule has 1 aliphatic carbocycles. The first kappa shape index (κ1) is 18.7. The van der Waals surface area contributed by atoms with E-state index in [1.807, 2.05) is 0 Å². The SMILES string of the molecule is COC(=O)CC(C1=C(O)c2ccccc2C(=O)C1=O)c1ccc2c(c1)OCCO2. The third-order valence-electron chi connectivity index (χ3n) is 5.05. The Balaban J connectivity index is 1.87. The highest BCUT2D eigenvalue weighted by molar-refractivity contribution is 6.52. The minimum absolute atomic E-state index is 0.129. The Hall–Kier alpha value is -3.61. The zero-order chi connectivity index (χ0) is 20.5. The summed E-state index contributed by atoms with van der Waals surface area (Å²) in [7, 11) is 1.24. The molecule has 2 aromatic carbocycles. The lowest BCUT2D eigenvalue weighted by atomic mass is 9.78. The van der Waals surface area contributed by atoms with Gasteiger partial charge in [-0.1, -0.05) is 30.3 Å². The van der Waals surface area contributed by atoms with Gasteiger partial charge in [0.25, 0.3) is 0 Å². The summed E-state index contributed by atoms with van der Waals surface area (Å²) in [6.45, 7) is 0.796. The number of ether oxygens (including phenoxy) is 3. The zero-order valence-corrected chi connectivity index (χ0v) is 15.6. The fourth-order valence-corrected chi connectivity index (χ4v) is 3.62. The van der Waals surface area contributed by atoms with E-state index in [-0.39, 0.29) is 28.9 Å². The second-order valence-electron chi connectivity index (χ2n) is 6.70. The van der Waals surface area contributed by atoms with Crippen molar-refractivity contribution in [1.82, 2.24) is 0 Å². The van der Waals surface area contributed by atoms with Crippen LogP contribution >= 0.6 is 0 Å². The van der Waals surface area contributed by atoms with Gasteiger partial charge in [-0.05, 0) is 17.7 Å². The van der Waals surface area contributed by atoms with Crippen molar-refractivity contribution in [3.63, 3.8) is 0 Å². The number of allylic oxidation sites excluding steroid dienone is 1. The third kappa shape index (κ3) is 3.24. The summed E-state index contributed by atoms with van der Waals surface area (Å²) >= 11 is 0. The second-order valence-corrected chi connectivity index (χ2v) is 6.70. The van der Waals surface area contributed by atoms with Crippen LogP contribution in [0.2, 0.25) is 0 Å². The molecular weight excluding hydrogens is 376 g/mol. The molecule has 0 fully saturated rings. The number of carbonyl (C=O) groups is 3. The molecule has 148 valence electrons. The maximum atomic E-state index is 12.9. The number of aliphatic hydroxyl groups is 1. The first-order valence-corrected chi connectivity index (χ1v) is 9.09. The van der Waals surface area contributed by atoms with E-state index in [4.69, 9.17) is 14.2 Å². The largest absolute Gasteiger partial charge is 0.507 e. The van der Waals surface area contributed by atoms with Crippen LogP contribution in [0.15, 0.2) is 48.0 Å². The van der Waals surface area contributed by atoms with E-state index in [0.717, 1.165) is 0 Å². The average molecular weight is 394 g/mol. The Bertz CT molecular complexity index is 1050. The van der Waals surface area contributed by atoms with Crippen molar-refractivity contribution in [2.24, 2.45) is 0 Å². The van der Waals surface area contributed by atoms with Crippen LogP contribution in [-0.2, 0) is 14.3 Å². The molecule has 4 rings (SSSR count). The molecule has 29 heavy (non-hydrogen) atoms. The Kier molecular flexibility index (Phi) is 4.80. The van der Waals surface area contributed by atoms with Crippen molar-refractivity contribution in [1.29, 1.82) is 0 Å². The van der Waals surface area contributed by atoms with Crippen molar-refractivity contribution in [2.45, 2.75) is 12.3 Å². The summed E-state index contributed by atoms with van der Waals surface area (Å²) in [4.78, 5) is 37.6. The molecule has 0 bridgehead atoms. The summed E-state index contributed by atoms with van der Waals surface area (Å²) in [6.07, 6.45) is -0.225. The van der Waals surface area contributed by atoms with Crippen LogP contribution in [0.3, 0.4) is 0 Å². The summed E-state index contributed by atoms with van der Waals surface area (Å²) in [5, 5.41) is 10.9. The van der Waals surface area contributed by atoms with Gasteiger partial charge in [0.2, 0.25) is 11.6 Å². The minimum Gasteiger partial charge on any atom is -0.507 e. The lowest BCUT2D eigenvalue weighted by molar-refractivity contribution is -0.140. The highest BCUT2D eigenvalue weighted by Gasteiger charge is 2.38. The standard InChI is InChI=1S/C22H18O7/c1-27-18(23)11-15(12-6-7-16-17(10-12)29-9-8-28-16)19-20(24)13-4-2-3-5-14(13)21(25)22(19)26/h2-7,10,15,24H,8-9,11H2,1H3. The van der Waals surface area contributed by atoms with Crippen LogP contribution in [-0.4, -0.2) is 43.0 Å². The number of methoxy groups -OCH3 is 1. The first-order chi connectivity index (χ1) is 14.0. The molecule has 0 spiro atoms. The normalized spacial score (nSPS) is 16.3. The van der Waals surface area contributed by atoms with E-state index >= 15 is 0 Å². The number of ketones is 2. The van der Waals surface area contributed by atoms with E-state index in [0.29, 0.717) is 30.3 Å². The summed E-state index contributed by atoms with van der Waals surface area (Å²) in [5.41, 5.74) is 0.801. The fourth-order valence-electron chi connectivity index (χ4n) is 3.62. The molecule has 2 aliphatic rings. The molecule has 2 aromatic rings. The molecule has 0 saturated heterocycles. The number of Topliss-reactive ketones (excluding diaryl/α,β-unsaturated/α-hetero) is 2. The van der Waals surface area contributed by atoms with Gasteiger partial charge in [-0.2, -0.15) is 0 Å². The van der Waals surface area contributed by atoms with E-state index < -0.39 is 23.5 Å². The molecule has 1 atom stereocenters. The molecule has 1 N–H and O–H groups in total. The first-order valence-electron chi connectivity index (χ1n) is 9.09. The number of benzene rings is 2. The molecule has 7 nitrogen and oxygen atoms in total. The monoisotopic (exact) mass is 394 g/mol. The quantitative estimate of drug-likeness (QED) is 0.629. The fraction of sp³-hybridized carbons (Fsp3) is 0.227. The van der Waals surface area contributed by atoms with Crippen LogP contribution in [0.25, 0.3) is 5.76 Å². The van der Waals surface area contributed by atoms with Crippen molar-refractivity contribution in [3.8, 4) is 11.5 Å². The summed E-state index contributed by atoms with van der Waals surface area (Å²) < 4.78 is 15.9. The Morgan fingerprint density at radius 2 is 1.72 bits per heavy atom. The molecule has 0 aromatic heterocycles. The molecule has 7 heteroatoms. The third-order valence-corrected chi connectivity index (χ3v) is 5.05. The molecule has 1 aliphatic heterocycles. The van der Waals surface area contributed by atoms with Gasteiger partial charge in [0, 0.05) is 17.0 Å². The van der Waals surface area contributed by atoms with Crippen molar-refractivity contribution in [3.05, 3.63) is 64.7 Å². The summed E-state index contributed by atoms with van der Waals surface area (Å²) in [5.74, 6) is -2.32. The molecule has 1 heterocycles. The van der Waals surface area contributed by atoms with E-state index in [2.05, 4.69) is 0 Å². The van der Waals surface area contributed by atoms with Gasteiger partial charge >= 0.3 is 5.97 Å². The van der Waals surface area contributed by atoms with Gasteiger partial charge in [-0.15, -0.1) is 0 Å². The van der Waals surface area contributed by atoms with Crippen molar-refractivity contribution >= 4 is 23.3 Å². The zero-order valence-electron chi connectivity index (χ0n) is 15.6.